The summed E-state index contributed by atoms with van der Waals surface area (Å²) in [6.07, 6.45) is 4.55. The van der Waals surface area contributed by atoms with Crippen molar-refractivity contribution in [2.24, 2.45) is 11.7 Å². The minimum Gasteiger partial charge on any atom is -0.477 e. The highest BCUT2D eigenvalue weighted by molar-refractivity contribution is 5.97. The van der Waals surface area contributed by atoms with Crippen molar-refractivity contribution in [2.45, 2.75) is 50.9 Å². The van der Waals surface area contributed by atoms with Crippen LogP contribution in [0, 0.1) is 5.92 Å². The van der Waals surface area contributed by atoms with Gasteiger partial charge >= 0.3 is 0 Å². The number of carbonyl (C=O) groups excluding carboxylic acids is 1. The molecule has 8 heteroatoms. The lowest BCUT2D eigenvalue weighted by atomic mass is 9.90. The Kier molecular flexibility index (Phi) is 6.29. The molecule has 0 unspecified atom stereocenters. The maximum absolute atomic E-state index is 12.2. The third kappa shape index (κ3) is 5.25. The van der Waals surface area contributed by atoms with Crippen molar-refractivity contribution in [3.63, 3.8) is 0 Å². The molecule has 2 N–H and O–H groups in total. The van der Waals surface area contributed by atoms with E-state index in [0.29, 0.717) is 55.5 Å². The first-order valence-corrected chi connectivity index (χ1v) is 10.9. The van der Waals surface area contributed by atoms with E-state index in [1.165, 1.54) is 12.8 Å². The van der Waals surface area contributed by atoms with Gasteiger partial charge < -0.3 is 24.5 Å². The number of hydrogen-bond donors (Lipinski definition) is 1. The molecule has 2 aromatic heterocycles. The highest BCUT2D eigenvalue weighted by atomic mass is 16.5. The van der Waals surface area contributed by atoms with Crippen molar-refractivity contribution >= 4 is 5.91 Å². The van der Waals surface area contributed by atoms with E-state index in [-0.39, 0.29) is 11.1 Å². The van der Waals surface area contributed by atoms with Gasteiger partial charge in [-0.15, -0.1) is 0 Å². The number of methoxy groups -OCH3 is 1. The average Bonchev–Trinajstić information content (AvgIpc) is 3.67. The third-order valence-electron chi connectivity index (χ3n) is 5.78. The maximum Gasteiger partial charge on any atom is 0.268 e. The molecule has 0 atom stereocenters. The van der Waals surface area contributed by atoms with Crippen LogP contribution in [0.25, 0.3) is 11.3 Å². The van der Waals surface area contributed by atoms with E-state index in [1.807, 2.05) is 26.0 Å². The van der Waals surface area contributed by atoms with Gasteiger partial charge in [-0.1, -0.05) is 19.0 Å². The quantitative estimate of drug-likeness (QED) is 0.515. The van der Waals surface area contributed by atoms with E-state index in [0.717, 1.165) is 24.1 Å². The van der Waals surface area contributed by atoms with E-state index in [2.05, 4.69) is 10.1 Å². The second-order valence-electron chi connectivity index (χ2n) is 9.18. The lowest BCUT2D eigenvalue weighted by Gasteiger charge is -2.21. The molecule has 0 bridgehead atoms. The van der Waals surface area contributed by atoms with Crippen molar-refractivity contribution in [1.29, 1.82) is 0 Å². The summed E-state index contributed by atoms with van der Waals surface area (Å²) >= 11 is 0. The van der Waals surface area contributed by atoms with E-state index < -0.39 is 5.91 Å². The molecule has 0 spiro atoms. The van der Waals surface area contributed by atoms with Crippen LogP contribution in [0.3, 0.4) is 0 Å². The number of amides is 1. The molecule has 168 valence electrons. The number of aromatic nitrogens is 2. The second-order valence-corrected chi connectivity index (χ2v) is 9.18. The Morgan fingerprint density at radius 1 is 1.23 bits per heavy atom. The Bertz CT molecular complexity index is 931. The summed E-state index contributed by atoms with van der Waals surface area (Å²) in [5.41, 5.74) is 7.75. The SMILES string of the molecule is COCCOCC(C)(C)c1cc(-c2cc(C3CC3)c(OCC3CC3)nc2C(N)=O)on1. The van der Waals surface area contributed by atoms with Crippen molar-refractivity contribution in [3.8, 4) is 17.2 Å². The average molecular weight is 430 g/mol. The van der Waals surface area contributed by atoms with Gasteiger partial charge in [-0.3, -0.25) is 4.79 Å². The normalized spacial score (nSPS) is 16.5. The number of nitrogens with two attached hydrogens (primary N) is 1. The number of rotatable bonds is 12. The molecular formula is C23H31N3O5. The molecule has 0 aromatic carbocycles. The second kappa shape index (κ2) is 8.96. The highest BCUT2D eigenvalue weighted by Crippen LogP contribution is 2.46. The minimum absolute atomic E-state index is 0.145. The van der Waals surface area contributed by atoms with E-state index in [1.54, 1.807) is 7.11 Å². The summed E-state index contributed by atoms with van der Waals surface area (Å²) in [7, 11) is 1.64. The summed E-state index contributed by atoms with van der Waals surface area (Å²) in [5, 5.41) is 4.25. The molecule has 2 aliphatic rings. The molecule has 2 heterocycles. The molecule has 2 saturated carbocycles. The largest absolute Gasteiger partial charge is 0.477 e. The van der Waals surface area contributed by atoms with Gasteiger partial charge in [0.2, 0.25) is 5.88 Å². The topological polar surface area (TPSA) is 110 Å². The fourth-order valence-electron chi connectivity index (χ4n) is 3.44. The Morgan fingerprint density at radius 3 is 2.65 bits per heavy atom. The van der Waals surface area contributed by atoms with Crippen LogP contribution in [0.5, 0.6) is 5.88 Å². The van der Waals surface area contributed by atoms with Crippen LogP contribution in [-0.4, -0.2) is 49.6 Å². The zero-order chi connectivity index (χ0) is 22.0. The van der Waals surface area contributed by atoms with Crippen molar-refractivity contribution in [2.75, 3.05) is 33.5 Å². The monoisotopic (exact) mass is 429 g/mol. The van der Waals surface area contributed by atoms with Crippen LogP contribution in [0.2, 0.25) is 0 Å². The van der Waals surface area contributed by atoms with Gasteiger partial charge in [0.1, 0.15) is 5.69 Å². The number of ether oxygens (including phenoxy) is 3. The van der Waals surface area contributed by atoms with E-state index in [9.17, 15) is 4.79 Å². The standard InChI is InChI=1S/C23H31N3O5/c1-23(2,13-29-9-8-28-3)19-11-18(31-26-19)17-10-16(15-6-7-15)22(25-20(17)21(24)27)30-12-14-4-5-14/h10-11,14-15H,4-9,12-13H2,1-3H3,(H2,24,27). The summed E-state index contributed by atoms with van der Waals surface area (Å²) < 4.78 is 22.3. The number of nitrogens with zero attached hydrogens (tertiary/aromatic N) is 2. The number of carbonyl (C=O) groups is 1. The van der Waals surface area contributed by atoms with E-state index in [4.69, 9.17) is 24.5 Å². The Labute approximate surface area is 182 Å². The zero-order valence-corrected chi connectivity index (χ0v) is 18.5. The zero-order valence-electron chi connectivity index (χ0n) is 18.5. The summed E-state index contributed by atoms with van der Waals surface area (Å²) in [6, 6.07) is 3.78. The molecule has 31 heavy (non-hydrogen) atoms. The smallest absolute Gasteiger partial charge is 0.268 e. The Morgan fingerprint density at radius 2 is 2.00 bits per heavy atom. The Balaban J connectivity index is 1.61. The summed E-state index contributed by atoms with van der Waals surface area (Å²) in [4.78, 5) is 16.7. The molecule has 2 aliphatic carbocycles. The van der Waals surface area contributed by atoms with Gasteiger partial charge in [-0.2, -0.15) is 0 Å². The number of pyridine rings is 1. The van der Waals surface area contributed by atoms with Gasteiger partial charge in [0, 0.05) is 24.2 Å². The summed E-state index contributed by atoms with van der Waals surface area (Å²) in [6.45, 7) is 6.19. The van der Waals surface area contributed by atoms with Crippen molar-refractivity contribution in [1.82, 2.24) is 10.1 Å². The molecule has 0 radical (unpaired) electrons. The molecular weight excluding hydrogens is 398 g/mol. The maximum atomic E-state index is 12.2. The van der Waals surface area contributed by atoms with Crippen LogP contribution in [0.15, 0.2) is 16.7 Å². The number of hydrogen-bond acceptors (Lipinski definition) is 7. The van der Waals surface area contributed by atoms with Gasteiger partial charge in [-0.05, 0) is 43.6 Å². The van der Waals surface area contributed by atoms with Gasteiger partial charge in [0.15, 0.2) is 5.76 Å². The first-order valence-electron chi connectivity index (χ1n) is 10.9. The molecule has 2 aromatic rings. The lowest BCUT2D eigenvalue weighted by molar-refractivity contribution is 0.0470. The minimum atomic E-state index is -0.617. The van der Waals surface area contributed by atoms with Crippen LogP contribution in [0.1, 0.15) is 67.2 Å². The van der Waals surface area contributed by atoms with Crippen molar-refractivity contribution < 1.29 is 23.5 Å². The predicted molar refractivity (Wildman–Crippen MR) is 114 cm³/mol. The van der Waals surface area contributed by atoms with Crippen LogP contribution in [0.4, 0.5) is 0 Å². The fraction of sp³-hybridized carbons (Fsp3) is 0.609. The third-order valence-corrected chi connectivity index (χ3v) is 5.78. The molecule has 0 aliphatic heterocycles. The summed E-state index contributed by atoms with van der Waals surface area (Å²) in [5.74, 6) is 1.37. The van der Waals surface area contributed by atoms with Crippen LogP contribution < -0.4 is 10.5 Å². The fourth-order valence-corrected chi connectivity index (χ4v) is 3.44. The lowest BCUT2D eigenvalue weighted by Crippen LogP contribution is -2.25. The first kappa shape index (κ1) is 21.8. The molecule has 2 fully saturated rings. The predicted octanol–water partition coefficient (Wildman–Crippen LogP) is 3.44. The van der Waals surface area contributed by atoms with Crippen molar-refractivity contribution in [3.05, 3.63) is 29.1 Å². The van der Waals surface area contributed by atoms with E-state index >= 15 is 0 Å². The van der Waals surface area contributed by atoms with Gasteiger partial charge in [-0.25, -0.2) is 4.98 Å². The Hall–Kier alpha value is -2.45. The van der Waals surface area contributed by atoms with Crippen LogP contribution in [-0.2, 0) is 14.9 Å². The van der Waals surface area contributed by atoms with Crippen LogP contribution >= 0.6 is 0 Å². The molecule has 8 nitrogen and oxygen atoms in total. The highest BCUT2D eigenvalue weighted by Gasteiger charge is 2.33. The van der Waals surface area contributed by atoms with Gasteiger partial charge in [0.25, 0.3) is 5.91 Å². The van der Waals surface area contributed by atoms with Gasteiger partial charge in [0.05, 0.1) is 37.7 Å². The first-order chi connectivity index (χ1) is 14.9. The number of primary amides is 1. The molecule has 4 rings (SSSR count). The molecule has 1 amide bonds. The molecule has 0 saturated heterocycles.